The average molecular weight is 453 g/mol. The molecule has 1 fully saturated rings. The van der Waals surface area contributed by atoms with Gasteiger partial charge in [0.25, 0.3) is 0 Å². The highest BCUT2D eigenvalue weighted by atomic mass is 32.2. The molecule has 1 N–H and O–H groups in total. The van der Waals surface area contributed by atoms with Crippen molar-refractivity contribution in [2.45, 2.75) is 24.7 Å². The fourth-order valence-electron chi connectivity index (χ4n) is 3.26. The second-order valence-electron chi connectivity index (χ2n) is 6.75. The Bertz CT molecular complexity index is 1000. The molecule has 1 amide bonds. The minimum Gasteiger partial charge on any atom is -0.497 e. The third-order valence-electron chi connectivity index (χ3n) is 4.85. The van der Waals surface area contributed by atoms with Crippen molar-refractivity contribution >= 4 is 38.2 Å². The Balaban J connectivity index is 1.70. The van der Waals surface area contributed by atoms with E-state index in [0.29, 0.717) is 35.7 Å². The molecule has 10 heteroatoms. The molecule has 0 radical (unpaired) electrons. The number of nitrogens with zero attached hydrogens (tertiary/aromatic N) is 1. The van der Waals surface area contributed by atoms with E-state index in [9.17, 15) is 18.0 Å². The van der Waals surface area contributed by atoms with Gasteiger partial charge in [0.1, 0.15) is 10.8 Å². The molecule has 1 saturated heterocycles. The number of hydrogen-bond donors (Lipinski definition) is 1. The fourth-order valence-corrected chi connectivity index (χ4v) is 5.56. The molecule has 1 atom stereocenters. The van der Waals surface area contributed by atoms with Crippen molar-refractivity contribution in [2.75, 3.05) is 32.1 Å². The van der Waals surface area contributed by atoms with Gasteiger partial charge in [0, 0.05) is 13.1 Å². The van der Waals surface area contributed by atoms with Gasteiger partial charge in [-0.1, -0.05) is 0 Å². The second kappa shape index (κ2) is 9.59. The third-order valence-corrected chi connectivity index (χ3v) is 7.56. The van der Waals surface area contributed by atoms with Gasteiger partial charge in [-0.15, -0.1) is 11.3 Å². The quantitative estimate of drug-likeness (QED) is 0.648. The van der Waals surface area contributed by atoms with Crippen molar-refractivity contribution in [3.05, 3.63) is 41.3 Å². The Labute approximate surface area is 179 Å². The number of rotatable bonds is 7. The van der Waals surface area contributed by atoms with E-state index in [2.05, 4.69) is 5.32 Å². The standard InChI is InChI=1S/C20H24N2O6S2/c1-3-28-20(24)17-10-12-29-19(17)21-18(23)14-5-4-11-22(13-14)30(25,26)16-8-6-15(27-2)7-9-16/h6-10,12,14H,3-5,11,13H2,1-2H3,(H,21,23). The van der Waals surface area contributed by atoms with Crippen LogP contribution in [0.15, 0.2) is 40.6 Å². The van der Waals surface area contributed by atoms with E-state index in [4.69, 9.17) is 9.47 Å². The van der Waals surface area contributed by atoms with E-state index in [-0.39, 0.29) is 24.0 Å². The van der Waals surface area contributed by atoms with Gasteiger partial charge in [-0.2, -0.15) is 4.31 Å². The predicted molar refractivity (Wildman–Crippen MR) is 113 cm³/mol. The zero-order chi connectivity index (χ0) is 21.7. The first-order valence-electron chi connectivity index (χ1n) is 9.56. The van der Waals surface area contributed by atoms with Crippen LogP contribution >= 0.6 is 11.3 Å². The summed E-state index contributed by atoms with van der Waals surface area (Å²) in [5, 5.41) is 4.88. The molecule has 1 aliphatic rings. The second-order valence-corrected chi connectivity index (χ2v) is 9.60. The van der Waals surface area contributed by atoms with E-state index < -0.39 is 21.9 Å². The molecule has 1 aromatic heterocycles. The van der Waals surface area contributed by atoms with E-state index in [1.54, 1.807) is 30.5 Å². The van der Waals surface area contributed by atoms with Crippen LogP contribution in [0.3, 0.4) is 0 Å². The van der Waals surface area contributed by atoms with Crippen molar-refractivity contribution < 1.29 is 27.5 Å². The Hall–Kier alpha value is -2.43. The van der Waals surface area contributed by atoms with Crippen LogP contribution in [-0.4, -0.2) is 51.4 Å². The van der Waals surface area contributed by atoms with E-state index in [1.165, 1.54) is 34.9 Å². The number of methoxy groups -OCH3 is 1. The summed E-state index contributed by atoms with van der Waals surface area (Å²) in [6, 6.07) is 7.77. The number of sulfonamides is 1. The lowest BCUT2D eigenvalue weighted by Crippen LogP contribution is -2.43. The molecule has 0 spiro atoms. The first-order chi connectivity index (χ1) is 14.4. The number of hydrogen-bond acceptors (Lipinski definition) is 7. The molecule has 3 rings (SSSR count). The zero-order valence-corrected chi connectivity index (χ0v) is 18.4. The van der Waals surface area contributed by atoms with Crippen molar-refractivity contribution in [3.8, 4) is 5.75 Å². The molecule has 162 valence electrons. The van der Waals surface area contributed by atoms with Crippen LogP contribution < -0.4 is 10.1 Å². The van der Waals surface area contributed by atoms with Gasteiger partial charge in [-0.3, -0.25) is 4.79 Å². The highest BCUT2D eigenvalue weighted by Gasteiger charge is 2.34. The number of carbonyl (C=O) groups excluding carboxylic acids is 2. The molecule has 1 aliphatic heterocycles. The predicted octanol–water partition coefficient (Wildman–Crippen LogP) is 2.97. The van der Waals surface area contributed by atoms with Crippen LogP contribution in [-0.2, 0) is 19.6 Å². The normalized spacial score (nSPS) is 17.3. The average Bonchev–Trinajstić information content (AvgIpc) is 3.22. The first-order valence-corrected chi connectivity index (χ1v) is 11.9. The summed E-state index contributed by atoms with van der Waals surface area (Å²) in [7, 11) is -2.21. The zero-order valence-electron chi connectivity index (χ0n) is 16.8. The molecular formula is C20H24N2O6S2. The van der Waals surface area contributed by atoms with Crippen LogP contribution in [0.5, 0.6) is 5.75 Å². The van der Waals surface area contributed by atoms with Crippen molar-refractivity contribution in [1.82, 2.24) is 4.31 Å². The molecule has 2 heterocycles. The number of nitrogens with one attached hydrogen (secondary N) is 1. The molecular weight excluding hydrogens is 428 g/mol. The van der Waals surface area contributed by atoms with E-state index in [1.807, 2.05) is 0 Å². The molecule has 0 aliphatic carbocycles. The maximum atomic E-state index is 13.0. The number of benzene rings is 1. The number of piperidine rings is 1. The Morgan fingerprint density at radius 1 is 1.23 bits per heavy atom. The summed E-state index contributed by atoms with van der Waals surface area (Å²) in [4.78, 5) is 25.0. The van der Waals surface area contributed by atoms with Crippen LogP contribution in [0, 0.1) is 5.92 Å². The summed E-state index contributed by atoms with van der Waals surface area (Å²) in [5.41, 5.74) is 0.300. The summed E-state index contributed by atoms with van der Waals surface area (Å²) in [6.45, 7) is 2.39. The minimum atomic E-state index is -3.72. The summed E-state index contributed by atoms with van der Waals surface area (Å²) in [6.07, 6.45) is 1.14. The van der Waals surface area contributed by atoms with Gasteiger partial charge >= 0.3 is 5.97 Å². The fraction of sp³-hybridized carbons (Fsp3) is 0.400. The highest BCUT2D eigenvalue weighted by Crippen LogP contribution is 2.28. The van der Waals surface area contributed by atoms with E-state index >= 15 is 0 Å². The number of carbonyl (C=O) groups is 2. The smallest absolute Gasteiger partial charge is 0.341 e. The number of thiophene rings is 1. The summed E-state index contributed by atoms with van der Waals surface area (Å²) in [5.74, 6) is -0.749. The van der Waals surface area contributed by atoms with Gasteiger partial charge < -0.3 is 14.8 Å². The van der Waals surface area contributed by atoms with Crippen LogP contribution in [0.2, 0.25) is 0 Å². The van der Waals surface area contributed by atoms with Crippen molar-refractivity contribution in [1.29, 1.82) is 0 Å². The minimum absolute atomic E-state index is 0.0836. The number of amides is 1. The van der Waals surface area contributed by atoms with Crippen molar-refractivity contribution in [3.63, 3.8) is 0 Å². The topological polar surface area (TPSA) is 102 Å². The molecule has 1 aromatic carbocycles. The molecule has 2 aromatic rings. The summed E-state index contributed by atoms with van der Waals surface area (Å²) >= 11 is 1.23. The van der Waals surface area contributed by atoms with Gasteiger partial charge in [0.15, 0.2) is 0 Å². The lowest BCUT2D eigenvalue weighted by Gasteiger charge is -2.31. The van der Waals surface area contributed by atoms with Gasteiger partial charge in [0.2, 0.25) is 15.9 Å². The van der Waals surface area contributed by atoms with Crippen LogP contribution in [0.4, 0.5) is 5.00 Å². The first kappa shape index (κ1) is 22.3. The third kappa shape index (κ3) is 4.82. The summed E-state index contributed by atoms with van der Waals surface area (Å²) < 4.78 is 37.4. The lowest BCUT2D eigenvalue weighted by atomic mass is 9.99. The molecule has 8 nitrogen and oxygen atoms in total. The van der Waals surface area contributed by atoms with Crippen molar-refractivity contribution in [2.24, 2.45) is 5.92 Å². The van der Waals surface area contributed by atoms with Gasteiger partial charge in [-0.25, -0.2) is 13.2 Å². The van der Waals surface area contributed by atoms with Gasteiger partial charge in [0.05, 0.1) is 30.1 Å². The molecule has 0 saturated carbocycles. The maximum absolute atomic E-state index is 13.0. The molecule has 1 unspecified atom stereocenters. The molecule has 0 bridgehead atoms. The van der Waals surface area contributed by atoms with Crippen LogP contribution in [0.25, 0.3) is 0 Å². The Morgan fingerprint density at radius 2 is 1.97 bits per heavy atom. The Morgan fingerprint density at radius 3 is 2.63 bits per heavy atom. The SMILES string of the molecule is CCOC(=O)c1ccsc1NC(=O)C1CCCN(S(=O)(=O)c2ccc(OC)cc2)C1. The lowest BCUT2D eigenvalue weighted by molar-refractivity contribution is -0.120. The number of anilines is 1. The van der Waals surface area contributed by atoms with E-state index in [0.717, 1.165) is 0 Å². The number of esters is 1. The highest BCUT2D eigenvalue weighted by molar-refractivity contribution is 7.89. The maximum Gasteiger partial charge on any atom is 0.341 e. The van der Waals surface area contributed by atoms with Crippen LogP contribution in [0.1, 0.15) is 30.1 Å². The largest absolute Gasteiger partial charge is 0.497 e. The number of ether oxygens (including phenoxy) is 2. The Kier molecular flexibility index (Phi) is 7.11. The molecule has 30 heavy (non-hydrogen) atoms. The monoisotopic (exact) mass is 452 g/mol. The van der Waals surface area contributed by atoms with Gasteiger partial charge in [-0.05, 0) is 55.5 Å².